The number of nitrogens with zero attached hydrogens (tertiary/aromatic N) is 1. The van der Waals surface area contributed by atoms with E-state index in [4.69, 9.17) is 0 Å². The Balaban J connectivity index is 2.49. The Morgan fingerprint density at radius 3 is 2.53 bits per heavy atom. The lowest BCUT2D eigenvalue weighted by Gasteiger charge is -2.31. The van der Waals surface area contributed by atoms with Gasteiger partial charge in [-0.1, -0.05) is 27.2 Å². The monoisotopic (exact) mass is 242 g/mol. The van der Waals surface area contributed by atoms with E-state index in [0.29, 0.717) is 0 Å². The molecule has 0 heterocycles. The van der Waals surface area contributed by atoms with Gasteiger partial charge in [0.05, 0.1) is 0 Å². The van der Waals surface area contributed by atoms with Gasteiger partial charge in [-0.2, -0.15) is 0 Å². The molecule has 4 heteroatoms. The van der Waals surface area contributed by atoms with Crippen LogP contribution in [0.5, 0.6) is 0 Å². The van der Waals surface area contributed by atoms with Gasteiger partial charge in [0.15, 0.2) is 0 Å². The number of carbonyl (C=O) groups is 1. The summed E-state index contributed by atoms with van der Waals surface area (Å²) in [5.41, 5.74) is -0.673. The van der Waals surface area contributed by atoms with Gasteiger partial charge in [-0.05, 0) is 31.8 Å². The van der Waals surface area contributed by atoms with Crippen molar-refractivity contribution in [3.63, 3.8) is 0 Å². The van der Waals surface area contributed by atoms with Gasteiger partial charge in [0.1, 0.15) is 5.54 Å². The van der Waals surface area contributed by atoms with Crippen molar-refractivity contribution in [2.24, 2.45) is 5.92 Å². The first-order valence-corrected chi connectivity index (χ1v) is 6.77. The molecule has 17 heavy (non-hydrogen) atoms. The molecule has 0 radical (unpaired) electrons. The third-order valence-electron chi connectivity index (χ3n) is 4.19. The summed E-state index contributed by atoms with van der Waals surface area (Å²) in [4.78, 5) is 13.8. The highest BCUT2D eigenvalue weighted by Gasteiger charge is 2.46. The molecule has 4 nitrogen and oxygen atoms in total. The molecule has 0 bridgehead atoms. The molecule has 0 amide bonds. The highest BCUT2D eigenvalue weighted by molar-refractivity contribution is 5.79. The summed E-state index contributed by atoms with van der Waals surface area (Å²) < 4.78 is 0. The third-order valence-corrected chi connectivity index (χ3v) is 4.19. The van der Waals surface area contributed by atoms with Crippen molar-refractivity contribution in [1.29, 1.82) is 0 Å². The van der Waals surface area contributed by atoms with Gasteiger partial charge < -0.3 is 15.3 Å². The highest BCUT2D eigenvalue weighted by atomic mass is 16.4. The van der Waals surface area contributed by atoms with Crippen LogP contribution in [0.3, 0.4) is 0 Å². The lowest BCUT2D eigenvalue weighted by Crippen LogP contribution is -2.55. The first-order chi connectivity index (χ1) is 8.06. The molecule has 2 unspecified atom stereocenters. The summed E-state index contributed by atoms with van der Waals surface area (Å²) in [6.07, 6.45) is 2.80. The normalized spacial score (nSPS) is 28.8. The first kappa shape index (κ1) is 14.5. The molecule has 1 aliphatic carbocycles. The van der Waals surface area contributed by atoms with Gasteiger partial charge >= 0.3 is 5.97 Å². The van der Waals surface area contributed by atoms with E-state index in [9.17, 15) is 9.90 Å². The Bertz CT molecular complexity index is 254. The van der Waals surface area contributed by atoms with Crippen molar-refractivity contribution in [3.05, 3.63) is 0 Å². The largest absolute Gasteiger partial charge is 0.480 e. The maximum absolute atomic E-state index is 11.5. The lowest BCUT2D eigenvalue weighted by molar-refractivity contribution is -0.146. The average Bonchev–Trinajstić information content (AvgIpc) is 2.67. The van der Waals surface area contributed by atoms with Crippen LogP contribution in [0.2, 0.25) is 0 Å². The van der Waals surface area contributed by atoms with E-state index in [1.165, 1.54) is 0 Å². The Labute approximate surface area is 104 Å². The maximum Gasteiger partial charge on any atom is 0.324 e. The molecule has 2 N–H and O–H groups in total. The number of hydrogen-bond donors (Lipinski definition) is 2. The van der Waals surface area contributed by atoms with Crippen LogP contribution in [0.4, 0.5) is 0 Å². The smallest absolute Gasteiger partial charge is 0.324 e. The molecule has 0 aromatic carbocycles. The van der Waals surface area contributed by atoms with Crippen LogP contribution < -0.4 is 5.32 Å². The van der Waals surface area contributed by atoms with Crippen LogP contribution in [0, 0.1) is 5.92 Å². The predicted molar refractivity (Wildman–Crippen MR) is 69.2 cm³/mol. The molecule has 1 rings (SSSR count). The third kappa shape index (κ3) is 3.19. The van der Waals surface area contributed by atoms with Gasteiger partial charge in [0.2, 0.25) is 0 Å². The second kappa shape index (κ2) is 6.36. The molecule has 0 spiro atoms. The van der Waals surface area contributed by atoms with Crippen molar-refractivity contribution in [3.8, 4) is 0 Å². The standard InChI is InChI=1S/C13H26N2O2/c1-4-15(5-2)10-9-14-13(12(16)17)8-6-7-11(13)3/h11,14H,4-10H2,1-3H3,(H,16,17). The predicted octanol–water partition coefficient (Wildman–Crippen LogP) is 1.56. The van der Waals surface area contributed by atoms with E-state index >= 15 is 0 Å². The minimum atomic E-state index is -0.679. The van der Waals surface area contributed by atoms with Gasteiger partial charge in [0, 0.05) is 13.1 Å². The highest BCUT2D eigenvalue weighted by Crippen LogP contribution is 2.35. The minimum absolute atomic E-state index is 0.233. The zero-order valence-electron chi connectivity index (χ0n) is 11.3. The van der Waals surface area contributed by atoms with Crippen LogP contribution >= 0.6 is 0 Å². The molecule has 0 aromatic heterocycles. The van der Waals surface area contributed by atoms with Crippen LogP contribution in [0.1, 0.15) is 40.0 Å². The number of carboxylic acid groups (broad SMARTS) is 1. The maximum atomic E-state index is 11.5. The van der Waals surface area contributed by atoms with Gasteiger partial charge in [-0.3, -0.25) is 4.79 Å². The van der Waals surface area contributed by atoms with Crippen molar-refractivity contribution in [1.82, 2.24) is 10.2 Å². The average molecular weight is 242 g/mol. The molecule has 0 aromatic rings. The van der Waals surface area contributed by atoms with E-state index < -0.39 is 11.5 Å². The van der Waals surface area contributed by atoms with Gasteiger partial charge in [-0.25, -0.2) is 0 Å². The SMILES string of the molecule is CCN(CC)CCNC1(C(=O)O)CCCC1C. The van der Waals surface area contributed by atoms with E-state index in [2.05, 4.69) is 24.1 Å². The van der Waals surface area contributed by atoms with Crippen LogP contribution in [0.25, 0.3) is 0 Å². The Kier molecular flexibility index (Phi) is 5.40. The zero-order valence-corrected chi connectivity index (χ0v) is 11.3. The number of rotatable bonds is 7. The second-order valence-corrected chi connectivity index (χ2v) is 5.02. The van der Waals surface area contributed by atoms with Crippen LogP contribution in [0.15, 0.2) is 0 Å². The first-order valence-electron chi connectivity index (χ1n) is 6.77. The molecule has 0 aliphatic heterocycles. The number of aliphatic carboxylic acids is 1. The zero-order chi connectivity index (χ0) is 12.9. The lowest BCUT2D eigenvalue weighted by atomic mass is 9.88. The van der Waals surface area contributed by atoms with Crippen molar-refractivity contribution in [2.45, 2.75) is 45.6 Å². The van der Waals surface area contributed by atoms with Crippen LogP contribution in [-0.4, -0.2) is 47.7 Å². The van der Waals surface area contributed by atoms with E-state index in [0.717, 1.165) is 45.4 Å². The van der Waals surface area contributed by atoms with Gasteiger partial charge in [-0.15, -0.1) is 0 Å². The fraction of sp³-hybridized carbons (Fsp3) is 0.923. The summed E-state index contributed by atoms with van der Waals surface area (Å²) in [5, 5.41) is 12.7. The summed E-state index contributed by atoms with van der Waals surface area (Å²) in [6.45, 7) is 10.0. The number of hydrogen-bond acceptors (Lipinski definition) is 3. The number of likely N-dealkylation sites (N-methyl/N-ethyl adjacent to an activating group) is 1. The summed E-state index contributed by atoms with van der Waals surface area (Å²) in [5.74, 6) is -0.446. The van der Waals surface area contributed by atoms with E-state index in [-0.39, 0.29) is 5.92 Å². The second-order valence-electron chi connectivity index (χ2n) is 5.02. The van der Waals surface area contributed by atoms with E-state index in [1.807, 2.05) is 6.92 Å². The number of nitrogens with one attached hydrogen (secondary N) is 1. The summed E-state index contributed by atoms with van der Waals surface area (Å²) >= 11 is 0. The molecule has 1 saturated carbocycles. The molecule has 1 fully saturated rings. The molecule has 2 atom stereocenters. The number of carboxylic acids is 1. The molecule has 1 aliphatic rings. The Morgan fingerprint density at radius 2 is 2.12 bits per heavy atom. The fourth-order valence-electron chi connectivity index (χ4n) is 2.81. The van der Waals surface area contributed by atoms with Gasteiger partial charge in [0.25, 0.3) is 0 Å². The Morgan fingerprint density at radius 1 is 1.47 bits per heavy atom. The summed E-state index contributed by atoms with van der Waals surface area (Å²) in [6, 6.07) is 0. The molecule has 100 valence electrons. The summed E-state index contributed by atoms with van der Waals surface area (Å²) in [7, 11) is 0. The van der Waals surface area contributed by atoms with Crippen molar-refractivity contribution >= 4 is 5.97 Å². The molecular formula is C13H26N2O2. The molecular weight excluding hydrogens is 216 g/mol. The van der Waals surface area contributed by atoms with E-state index in [1.54, 1.807) is 0 Å². The van der Waals surface area contributed by atoms with Crippen molar-refractivity contribution in [2.75, 3.05) is 26.2 Å². The molecule has 0 saturated heterocycles. The van der Waals surface area contributed by atoms with Crippen molar-refractivity contribution < 1.29 is 9.90 Å². The Hall–Kier alpha value is -0.610. The quantitative estimate of drug-likeness (QED) is 0.711. The topological polar surface area (TPSA) is 52.6 Å². The van der Waals surface area contributed by atoms with Crippen LogP contribution in [-0.2, 0) is 4.79 Å². The fourth-order valence-corrected chi connectivity index (χ4v) is 2.81. The minimum Gasteiger partial charge on any atom is -0.480 e.